The predicted molar refractivity (Wildman–Crippen MR) is 161 cm³/mol. The van der Waals surface area contributed by atoms with E-state index < -0.39 is 11.9 Å². The van der Waals surface area contributed by atoms with Gasteiger partial charge in [0.05, 0.1) is 11.4 Å². The molecule has 1 unspecified atom stereocenters. The van der Waals surface area contributed by atoms with Gasteiger partial charge in [0, 0.05) is 24.7 Å². The summed E-state index contributed by atoms with van der Waals surface area (Å²) < 4.78 is 1.99. The molecule has 2 amide bonds. The number of aromatic hydroxyl groups is 1. The van der Waals surface area contributed by atoms with Gasteiger partial charge in [-0.05, 0) is 78.3 Å². The van der Waals surface area contributed by atoms with Gasteiger partial charge in [-0.3, -0.25) is 14.6 Å². The Kier molecular flexibility index (Phi) is 9.55. The number of unbranched alkanes of at least 4 members (excludes halogenated alkanes) is 2. The minimum absolute atomic E-state index is 0.0693. The highest BCUT2D eigenvalue weighted by atomic mass is 16.3. The Labute approximate surface area is 241 Å². The van der Waals surface area contributed by atoms with Crippen LogP contribution in [0.2, 0.25) is 0 Å². The quantitative estimate of drug-likeness (QED) is 0.207. The lowest BCUT2D eigenvalue weighted by Crippen LogP contribution is -2.45. The minimum atomic E-state index is -0.795. The zero-order valence-electron chi connectivity index (χ0n) is 24.0. The zero-order chi connectivity index (χ0) is 29.4. The molecule has 4 rings (SSSR count). The fourth-order valence-electron chi connectivity index (χ4n) is 4.69. The van der Waals surface area contributed by atoms with Crippen LogP contribution in [0.5, 0.6) is 5.75 Å². The van der Waals surface area contributed by atoms with Gasteiger partial charge >= 0.3 is 0 Å². The van der Waals surface area contributed by atoms with E-state index in [1.165, 1.54) is 5.56 Å². The number of phenols is 1. The lowest BCUT2D eigenvalue weighted by molar-refractivity contribution is -0.127. The van der Waals surface area contributed by atoms with E-state index in [-0.39, 0.29) is 23.5 Å². The fraction of sp³-hybridized carbons (Fsp3) is 0.333. The molecule has 2 aromatic heterocycles. The third-order valence-corrected chi connectivity index (χ3v) is 7.08. The molecular weight excluding hydrogens is 514 g/mol. The Hall–Kier alpha value is -4.46. The number of benzene rings is 2. The largest absolute Gasteiger partial charge is 0.508 e. The van der Waals surface area contributed by atoms with Crippen LogP contribution in [0.1, 0.15) is 63.3 Å². The zero-order valence-corrected chi connectivity index (χ0v) is 24.0. The fourth-order valence-corrected chi connectivity index (χ4v) is 4.69. The van der Waals surface area contributed by atoms with E-state index in [1.807, 2.05) is 22.9 Å². The topological polar surface area (TPSA) is 123 Å². The predicted octanol–water partition coefficient (Wildman–Crippen LogP) is 5.25. The third-order valence-electron chi connectivity index (χ3n) is 7.08. The van der Waals surface area contributed by atoms with E-state index in [0.717, 1.165) is 47.6 Å². The van der Waals surface area contributed by atoms with Crippen molar-refractivity contribution in [3.05, 3.63) is 95.8 Å². The number of nitrogens with zero attached hydrogens (tertiary/aromatic N) is 3. The first-order chi connectivity index (χ1) is 19.6. The molecule has 214 valence electrons. The highest BCUT2D eigenvalue weighted by Crippen LogP contribution is 2.26. The Morgan fingerprint density at radius 2 is 1.68 bits per heavy atom. The van der Waals surface area contributed by atoms with Crippen molar-refractivity contribution in [2.75, 3.05) is 0 Å². The molecular formula is C33H39N5O3. The lowest BCUT2D eigenvalue weighted by Gasteiger charge is -2.19. The van der Waals surface area contributed by atoms with Gasteiger partial charge in [-0.15, -0.1) is 0 Å². The Balaban J connectivity index is 1.35. The van der Waals surface area contributed by atoms with E-state index >= 15 is 0 Å². The van der Waals surface area contributed by atoms with Crippen molar-refractivity contribution in [1.29, 1.82) is 0 Å². The summed E-state index contributed by atoms with van der Waals surface area (Å²) in [4.78, 5) is 28.9. The minimum Gasteiger partial charge on any atom is -0.508 e. The van der Waals surface area contributed by atoms with E-state index in [4.69, 9.17) is 10.8 Å². The summed E-state index contributed by atoms with van der Waals surface area (Å²) in [5.74, 6) is -0.643. The van der Waals surface area contributed by atoms with Gasteiger partial charge in [0.1, 0.15) is 17.5 Å². The molecule has 0 bridgehead atoms. The molecule has 4 N–H and O–H groups in total. The number of amides is 2. The molecule has 0 aliphatic carbocycles. The van der Waals surface area contributed by atoms with Gasteiger partial charge in [-0.1, -0.05) is 57.5 Å². The van der Waals surface area contributed by atoms with Gasteiger partial charge < -0.3 is 16.2 Å². The monoisotopic (exact) mass is 553 g/mol. The Bertz CT molecular complexity index is 1440. The van der Waals surface area contributed by atoms with E-state index in [2.05, 4.69) is 61.4 Å². The van der Waals surface area contributed by atoms with Crippen molar-refractivity contribution >= 4 is 11.8 Å². The molecule has 0 aliphatic rings. The number of nitrogens with one attached hydrogen (secondary N) is 1. The number of phenolic OH excluding ortho intramolecular Hbond substituents is 1. The van der Waals surface area contributed by atoms with Crippen molar-refractivity contribution < 1.29 is 14.7 Å². The van der Waals surface area contributed by atoms with Gasteiger partial charge in [-0.2, -0.15) is 5.10 Å². The molecule has 4 aromatic rings. The maximum absolute atomic E-state index is 12.6. The molecule has 2 heterocycles. The average Bonchev–Trinajstić information content (AvgIpc) is 3.38. The molecule has 0 spiro atoms. The standard InChI is InChI=1S/C33H39N5O3/c1-33(2,3)24-14-16-25(17-15-24)38-26(22-29(37-38)28-10-7-8-20-35-28)9-5-4-6-11-31(40)36-30(32(34)41)21-23-12-18-27(39)19-13-23/h7-8,10,12-20,22,30,39H,4-6,9,11,21H2,1-3H3,(H2,34,41)(H,36,40). The summed E-state index contributed by atoms with van der Waals surface area (Å²) in [6.07, 6.45) is 5.58. The molecule has 0 saturated heterocycles. The van der Waals surface area contributed by atoms with Crippen LogP contribution >= 0.6 is 0 Å². The third kappa shape index (κ3) is 8.27. The molecule has 8 heteroatoms. The number of aryl methyl sites for hydroxylation is 1. The van der Waals surface area contributed by atoms with Crippen molar-refractivity contribution in [1.82, 2.24) is 20.1 Å². The first-order valence-corrected chi connectivity index (χ1v) is 14.1. The summed E-state index contributed by atoms with van der Waals surface area (Å²) in [6.45, 7) is 6.60. The maximum atomic E-state index is 12.6. The summed E-state index contributed by atoms with van der Waals surface area (Å²) in [7, 11) is 0. The number of carbonyl (C=O) groups is 2. The number of hydrogen-bond acceptors (Lipinski definition) is 5. The summed E-state index contributed by atoms with van der Waals surface area (Å²) in [6, 6.07) is 22.1. The van der Waals surface area contributed by atoms with Gasteiger partial charge in [0.25, 0.3) is 0 Å². The van der Waals surface area contributed by atoms with Crippen LogP contribution in [0.3, 0.4) is 0 Å². The Morgan fingerprint density at radius 3 is 2.32 bits per heavy atom. The highest BCUT2D eigenvalue weighted by Gasteiger charge is 2.19. The number of primary amides is 1. The molecule has 0 saturated carbocycles. The highest BCUT2D eigenvalue weighted by molar-refractivity contribution is 5.86. The second kappa shape index (κ2) is 13.3. The smallest absolute Gasteiger partial charge is 0.240 e. The number of aromatic nitrogens is 3. The number of rotatable bonds is 12. The van der Waals surface area contributed by atoms with Crippen LogP contribution in [0.4, 0.5) is 0 Å². The van der Waals surface area contributed by atoms with E-state index in [1.54, 1.807) is 30.5 Å². The van der Waals surface area contributed by atoms with Crippen LogP contribution in [-0.2, 0) is 27.8 Å². The maximum Gasteiger partial charge on any atom is 0.240 e. The van der Waals surface area contributed by atoms with Crippen LogP contribution in [0, 0.1) is 0 Å². The second-order valence-electron chi connectivity index (χ2n) is 11.4. The number of hydrogen-bond donors (Lipinski definition) is 3. The molecule has 41 heavy (non-hydrogen) atoms. The summed E-state index contributed by atoms with van der Waals surface area (Å²) in [5.41, 5.74) is 11.4. The van der Waals surface area contributed by atoms with Crippen LogP contribution in [-0.4, -0.2) is 37.7 Å². The Morgan fingerprint density at radius 1 is 0.951 bits per heavy atom. The molecule has 1 atom stereocenters. The average molecular weight is 554 g/mol. The molecule has 0 aliphatic heterocycles. The SMILES string of the molecule is CC(C)(C)c1ccc(-n2nc(-c3ccccn3)cc2CCCCCC(=O)NC(Cc2ccc(O)cc2)C(N)=O)cc1. The number of nitrogens with two attached hydrogens (primary N) is 1. The molecule has 8 nitrogen and oxygen atoms in total. The van der Waals surface area contributed by atoms with Crippen molar-refractivity contribution in [2.24, 2.45) is 5.73 Å². The second-order valence-corrected chi connectivity index (χ2v) is 11.4. The van der Waals surface area contributed by atoms with Crippen LogP contribution in [0.25, 0.3) is 17.1 Å². The van der Waals surface area contributed by atoms with Gasteiger partial charge in [0.15, 0.2) is 0 Å². The number of pyridine rings is 1. The molecule has 2 aromatic carbocycles. The van der Waals surface area contributed by atoms with Crippen LogP contribution < -0.4 is 11.1 Å². The van der Waals surface area contributed by atoms with Crippen molar-refractivity contribution in [3.8, 4) is 22.8 Å². The van der Waals surface area contributed by atoms with Crippen LogP contribution in [0.15, 0.2) is 79.0 Å². The van der Waals surface area contributed by atoms with E-state index in [0.29, 0.717) is 12.8 Å². The number of carbonyl (C=O) groups excluding carboxylic acids is 2. The molecule has 0 radical (unpaired) electrons. The summed E-state index contributed by atoms with van der Waals surface area (Å²) >= 11 is 0. The normalized spacial score (nSPS) is 12.2. The first kappa shape index (κ1) is 29.5. The van der Waals surface area contributed by atoms with Gasteiger partial charge in [0.2, 0.25) is 11.8 Å². The molecule has 0 fully saturated rings. The lowest BCUT2D eigenvalue weighted by atomic mass is 9.87. The first-order valence-electron chi connectivity index (χ1n) is 14.1. The van der Waals surface area contributed by atoms with E-state index in [9.17, 15) is 14.7 Å². The summed E-state index contributed by atoms with van der Waals surface area (Å²) in [5, 5.41) is 17.1. The van der Waals surface area contributed by atoms with Gasteiger partial charge in [-0.25, -0.2) is 4.68 Å². The van der Waals surface area contributed by atoms with Crippen molar-refractivity contribution in [3.63, 3.8) is 0 Å². The van der Waals surface area contributed by atoms with Crippen molar-refractivity contribution in [2.45, 2.75) is 70.8 Å².